The summed E-state index contributed by atoms with van der Waals surface area (Å²) in [5, 5.41) is 0. The standard InChI is InChI=1S/C16H23N/c1-9-10(2)16(6)8-7-15(9,5)13-11(3)17-12(4)14(13)16/h17H,7-8H2,1-6H3. The lowest BCUT2D eigenvalue weighted by Gasteiger charge is -2.52. The van der Waals surface area contributed by atoms with E-state index in [1.54, 1.807) is 22.3 Å². The summed E-state index contributed by atoms with van der Waals surface area (Å²) in [6.07, 6.45) is 2.61. The average molecular weight is 229 g/mol. The third-order valence-corrected chi connectivity index (χ3v) is 5.82. The first-order valence-electron chi connectivity index (χ1n) is 6.71. The predicted molar refractivity (Wildman–Crippen MR) is 72.6 cm³/mol. The highest BCUT2D eigenvalue weighted by atomic mass is 14.8. The van der Waals surface area contributed by atoms with Gasteiger partial charge in [0.15, 0.2) is 0 Å². The normalized spacial score (nSPS) is 35.4. The molecular formula is C16H23N. The van der Waals surface area contributed by atoms with Crippen LogP contribution in [0.3, 0.4) is 0 Å². The number of H-pyrrole nitrogens is 1. The first kappa shape index (κ1) is 11.1. The molecular weight excluding hydrogens is 206 g/mol. The fourth-order valence-electron chi connectivity index (χ4n) is 4.49. The van der Waals surface area contributed by atoms with Crippen molar-refractivity contribution >= 4 is 0 Å². The molecule has 0 amide bonds. The number of aromatic amines is 1. The van der Waals surface area contributed by atoms with E-state index in [0.717, 1.165) is 0 Å². The summed E-state index contributed by atoms with van der Waals surface area (Å²) in [4.78, 5) is 3.58. The van der Waals surface area contributed by atoms with Crippen molar-refractivity contribution in [1.82, 2.24) is 4.98 Å². The van der Waals surface area contributed by atoms with Crippen molar-refractivity contribution in [2.75, 3.05) is 0 Å². The maximum atomic E-state index is 3.58. The van der Waals surface area contributed by atoms with Crippen LogP contribution in [-0.2, 0) is 10.8 Å². The summed E-state index contributed by atoms with van der Waals surface area (Å²) in [5.41, 5.74) is 9.77. The zero-order valence-corrected chi connectivity index (χ0v) is 11.9. The SMILES string of the molecule is CC1=C(C)C2(C)CCC1(C)c1c(C)[nH]c(C)c12. The lowest BCUT2D eigenvalue weighted by Crippen LogP contribution is -2.45. The Kier molecular flexibility index (Phi) is 1.89. The minimum Gasteiger partial charge on any atom is -0.362 e. The number of aromatic nitrogens is 1. The fourth-order valence-corrected chi connectivity index (χ4v) is 4.49. The third-order valence-electron chi connectivity index (χ3n) is 5.82. The molecule has 1 aromatic rings. The molecule has 0 aromatic carbocycles. The van der Waals surface area contributed by atoms with E-state index < -0.39 is 0 Å². The molecule has 2 atom stereocenters. The van der Waals surface area contributed by atoms with Crippen LogP contribution in [0.5, 0.6) is 0 Å². The minimum absolute atomic E-state index is 0.284. The topological polar surface area (TPSA) is 15.8 Å². The summed E-state index contributed by atoms with van der Waals surface area (Å²) in [5.74, 6) is 0. The fraction of sp³-hybridized carbons (Fsp3) is 0.625. The maximum absolute atomic E-state index is 3.58. The molecule has 0 fully saturated rings. The molecule has 1 heterocycles. The number of nitrogens with one attached hydrogen (secondary N) is 1. The minimum atomic E-state index is 0.284. The Morgan fingerprint density at radius 3 is 1.47 bits per heavy atom. The molecule has 1 N–H and O–H groups in total. The van der Waals surface area contributed by atoms with E-state index in [1.807, 2.05) is 0 Å². The lowest BCUT2D eigenvalue weighted by atomic mass is 9.51. The van der Waals surface area contributed by atoms with Crippen molar-refractivity contribution in [1.29, 1.82) is 0 Å². The van der Waals surface area contributed by atoms with Gasteiger partial charge in [0.2, 0.25) is 0 Å². The van der Waals surface area contributed by atoms with Crippen molar-refractivity contribution < 1.29 is 0 Å². The van der Waals surface area contributed by atoms with Crippen LogP contribution in [0.2, 0.25) is 0 Å². The molecule has 1 nitrogen and oxygen atoms in total. The summed E-state index contributed by atoms with van der Waals surface area (Å²) in [6, 6.07) is 0. The molecule has 0 saturated carbocycles. The van der Waals surface area contributed by atoms with Gasteiger partial charge in [0, 0.05) is 22.2 Å². The second-order valence-corrected chi connectivity index (χ2v) is 6.54. The molecule has 1 aromatic heterocycles. The molecule has 2 unspecified atom stereocenters. The van der Waals surface area contributed by atoms with Crippen molar-refractivity contribution in [3.05, 3.63) is 33.7 Å². The zero-order chi connectivity index (χ0) is 12.6. The summed E-state index contributed by atoms with van der Waals surface area (Å²) >= 11 is 0. The average Bonchev–Trinajstić information content (AvgIpc) is 2.58. The van der Waals surface area contributed by atoms with Crippen LogP contribution in [-0.4, -0.2) is 4.98 Å². The monoisotopic (exact) mass is 229 g/mol. The van der Waals surface area contributed by atoms with Gasteiger partial charge in [-0.15, -0.1) is 0 Å². The second-order valence-electron chi connectivity index (χ2n) is 6.54. The predicted octanol–water partition coefficient (Wildman–Crippen LogP) is 4.29. The Balaban J connectivity index is 2.45. The van der Waals surface area contributed by atoms with Gasteiger partial charge in [-0.2, -0.15) is 0 Å². The quantitative estimate of drug-likeness (QED) is 0.639. The second kappa shape index (κ2) is 2.88. The molecule has 0 radical (unpaired) electrons. The van der Waals surface area contributed by atoms with Gasteiger partial charge < -0.3 is 4.98 Å². The van der Waals surface area contributed by atoms with E-state index in [-0.39, 0.29) is 10.8 Å². The molecule has 4 rings (SSSR count). The molecule has 1 heteroatoms. The van der Waals surface area contributed by atoms with Crippen LogP contribution in [0.1, 0.15) is 63.1 Å². The van der Waals surface area contributed by atoms with Gasteiger partial charge >= 0.3 is 0 Å². The van der Waals surface area contributed by atoms with Gasteiger partial charge in [-0.3, -0.25) is 0 Å². The van der Waals surface area contributed by atoms with Crippen LogP contribution in [0.4, 0.5) is 0 Å². The zero-order valence-electron chi connectivity index (χ0n) is 11.9. The van der Waals surface area contributed by atoms with Crippen molar-refractivity contribution in [3.8, 4) is 0 Å². The number of allylic oxidation sites excluding steroid dienone is 2. The summed E-state index contributed by atoms with van der Waals surface area (Å²) in [6.45, 7) is 14.0. The largest absolute Gasteiger partial charge is 0.362 e. The van der Waals surface area contributed by atoms with Crippen LogP contribution in [0, 0.1) is 13.8 Å². The van der Waals surface area contributed by atoms with Gasteiger partial charge in [0.1, 0.15) is 0 Å². The summed E-state index contributed by atoms with van der Waals surface area (Å²) in [7, 11) is 0. The van der Waals surface area contributed by atoms with E-state index in [2.05, 4.69) is 46.5 Å². The van der Waals surface area contributed by atoms with E-state index >= 15 is 0 Å². The number of aryl methyl sites for hydroxylation is 2. The van der Waals surface area contributed by atoms with Gasteiger partial charge in [-0.05, 0) is 51.7 Å². The third kappa shape index (κ3) is 1.02. The first-order valence-corrected chi connectivity index (χ1v) is 6.71. The molecule has 0 saturated heterocycles. The Morgan fingerprint density at radius 1 is 0.765 bits per heavy atom. The van der Waals surface area contributed by atoms with E-state index in [4.69, 9.17) is 0 Å². The summed E-state index contributed by atoms with van der Waals surface area (Å²) < 4.78 is 0. The molecule has 92 valence electrons. The van der Waals surface area contributed by atoms with Crippen LogP contribution in [0.15, 0.2) is 11.1 Å². The number of hydrogen-bond donors (Lipinski definition) is 1. The van der Waals surface area contributed by atoms with Gasteiger partial charge in [0.05, 0.1) is 0 Å². The lowest BCUT2D eigenvalue weighted by molar-refractivity contribution is 0.317. The molecule has 2 bridgehead atoms. The Morgan fingerprint density at radius 2 is 1.12 bits per heavy atom. The van der Waals surface area contributed by atoms with Crippen LogP contribution < -0.4 is 0 Å². The maximum Gasteiger partial charge on any atom is 0.0162 e. The van der Waals surface area contributed by atoms with E-state index in [9.17, 15) is 0 Å². The van der Waals surface area contributed by atoms with Crippen molar-refractivity contribution in [2.24, 2.45) is 0 Å². The smallest absolute Gasteiger partial charge is 0.0162 e. The van der Waals surface area contributed by atoms with Gasteiger partial charge in [-0.1, -0.05) is 25.0 Å². The number of rotatable bonds is 0. The Hall–Kier alpha value is -0.980. The highest BCUT2D eigenvalue weighted by Gasteiger charge is 2.52. The first-order chi connectivity index (χ1) is 7.82. The van der Waals surface area contributed by atoms with Crippen LogP contribution in [0.25, 0.3) is 0 Å². The number of fused-ring (bicyclic) bond motifs is 1. The van der Waals surface area contributed by atoms with Gasteiger partial charge in [-0.25, -0.2) is 0 Å². The molecule has 3 aliphatic carbocycles. The molecule has 0 spiro atoms. The highest BCUT2D eigenvalue weighted by molar-refractivity contribution is 5.61. The van der Waals surface area contributed by atoms with Crippen LogP contribution >= 0.6 is 0 Å². The van der Waals surface area contributed by atoms with Crippen molar-refractivity contribution in [2.45, 2.75) is 65.2 Å². The Labute approximate surface area is 104 Å². The molecule has 17 heavy (non-hydrogen) atoms. The highest BCUT2D eigenvalue weighted by Crippen LogP contribution is 2.60. The molecule has 3 aliphatic rings. The van der Waals surface area contributed by atoms with E-state index in [1.165, 1.54) is 24.2 Å². The van der Waals surface area contributed by atoms with Crippen molar-refractivity contribution in [3.63, 3.8) is 0 Å². The van der Waals surface area contributed by atoms with E-state index in [0.29, 0.717) is 0 Å². The molecule has 0 aliphatic heterocycles. The number of hydrogen-bond acceptors (Lipinski definition) is 0. The van der Waals surface area contributed by atoms with Gasteiger partial charge in [0.25, 0.3) is 0 Å². The Bertz CT molecular complexity index is 500.